The van der Waals surface area contributed by atoms with Gasteiger partial charge in [-0.25, -0.2) is 0 Å². The molecule has 1 saturated heterocycles. The van der Waals surface area contributed by atoms with Gasteiger partial charge in [-0.05, 0) is 31.4 Å². The third-order valence-electron chi connectivity index (χ3n) is 3.58. The van der Waals surface area contributed by atoms with Crippen LogP contribution in [0.25, 0.3) is 0 Å². The molecule has 1 aromatic rings. The lowest BCUT2D eigenvalue weighted by molar-refractivity contribution is -0.108. The molecule has 2 heteroatoms. The average Bonchev–Trinajstić information content (AvgIpc) is 2.78. The smallest absolute Gasteiger partial charge is 0.120 e. The van der Waals surface area contributed by atoms with Gasteiger partial charge >= 0.3 is 0 Å². The number of hydrogen-bond acceptors (Lipinski definition) is 2. The molecule has 0 aliphatic carbocycles. The van der Waals surface area contributed by atoms with Crippen molar-refractivity contribution >= 4 is 6.29 Å². The number of rotatable bonds is 4. The highest BCUT2D eigenvalue weighted by Gasteiger charge is 2.26. The molecule has 86 valence electrons. The molecule has 1 aliphatic rings. The molecule has 0 radical (unpaired) electrons. The minimum Gasteiger partial charge on any atom is -0.303 e. The first-order valence-corrected chi connectivity index (χ1v) is 6.04. The van der Waals surface area contributed by atoms with E-state index in [1.54, 1.807) is 0 Å². The third-order valence-corrected chi connectivity index (χ3v) is 3.58. The molecule has 0 saturated carbocycles. The van der Waals surface area contributed by atoms with E-state index in [0.717, 1.165) is 32.2 Å². The molecular weight excluding hydrogens is 198 g/mol. The number of likely N-dealkylation sites (tertiary alicyclic amines) is 1. The summed E-state index contributed by atoms with van der Waals surface area (Å²) in [6.07, 6.45) is 2.94. The normalized spacial score (nSPS) is 23.2. The van der Waals surface area contributed by atoms with Gasteiger partial charge in [-0.3, -0.25) is 4.90 Å². The molecule has 1 unspecified atom stereocenters. The standard InChI is InChI=1S/C14H19NO/c1-12(14-5-3-2-4-6-14)15-9-7-13(11-15)8-10-16/h2-6,10,12-13H,7-9,11H2,1H3/t12-,13?/m1/s1. The van der Waals surface area contributed by atoms with Crippen molar-refractivity contribution in [2.45, 2.75) is 25.8 Å². The lowest BCUT2D eigenvalue weighted by atomic mass is 10.1. The Morgan fingerprint density at radius 3 is 2.88 bits per heavy atom. The zero-order valence-electron chi connectivity index (χ0n) is 9.80. The molecule has 0 amide bonds. The number of carbonyl (C=O) groups is 1. The molecule has 2 atom stereocenters. The fourth-order valence-corrected chi connectivity index (χ4v) is 2.49. The molecule has 16 heavy (non-hydrogen) atoms. The average molecular weight is 217 g/mol. The Bertz CT molecular complexity index is 336. The summed E-state index contributed by atoms with van der Waals surface area (Å²) in [5.41, 5.74) is 1.37. The van der Waals surface area contributed by atoms with Gasteiger partial charge in [0.1, 0.15) is 6.29 Å². The minimum atomic E-state index is 0.470. The van der Waals surface area contributed by atoms with Crippen molar-refractivity contribution in [3.8, 4) is 0 Å². The Hall–Kier alpha value is -1.15. The molecular formula is C14H19NO. The number of aldehydes is 1. The lowest BCUT2D eigenvalue weighted by Crippen LogP contribution is -2.24. The van der Waals surface area contributed by atoms with E-state index in [9.17, 15) is 4.79 Å². The molecule has 0 N–H and O–H groups in total. The van der Waals surface area contributed by atoms with E-state index in [1.807, 2.05) is 0 Å². The van der Waals surface area contributed by atoms with Gasteiger partial charge in [0.05, 0.1) is 0 Å². The van der Waals surface area contributed by atoms with Crippen molar-refractivity contribution in [1.82, 2.24) is 4.90 Å². The first-order valence-electron chi connectivity index (χ1n) is 6.04. The Morgan fingerprint density at radius 1 is 1.44 bits per heavy atom. The molecule has 2 nitrogen and oxygen atoms in total. The first-order chi connectivity index (χ1) is 7.81. The Balaban J connectivity index is 1.97. The predicted molar refractivity (Wildman–Crippen MR) is 65.2 cm³/mol. The van der Waals surface area contributed by atoms with Gasteiger partial charge in [0, 0.05) is 19.0 Å². The minimum absolute atomic E-state index is 0.470. The summed E-state index contributed by atoms with van der Waals surface area (Å²) in [6, 6.07) is 11.1. The maximum Gasteiger partial charge on any atom is 0.120 e. The van der Waals surface area contributed by atoms with Crippen LogP contribution < -0.4 is 0 Å². The molecule has 1 heterocycles. The second-order valence-corrected chi connectivity index (χ2v) is 4.64. The van der Waals surface area contributed by atoms with Crippen molar-refractivity contribution in [1.29, 1.82) is 0 Å². The zero-order valence-corrected chi connectivity index (χ0v) is 9.80. The zero-order chi connectivity index (χ0) is 11.4. The van der Waals surface area contributed by atoms with Gasteiger partial charge in [-0.2, -0.15) is 0 Å². The summed E-state index contributed by atoms with van der Waals surface area (Å²) < 4.78 is 0. The largest absolute Gasteiger partial charge is 0.303 e. The van der Waals surface area contributed by atoms with Crippen LogP contribution in [0.2, 0.25) is 0 Å². The van der Waals surface area contributed by atoms with Gasteiger partial charge in [0.15, 0.2) is 0 Å². The van der Waals surface area contributed by atoms with Crippen LogP contribution in [0.15, 0.2) is 30.3 Å². The summed E-state index contributed by atoms with van der Waals surface area (Å²) >= 11 is 0. The van der Waals surface area contributed by atoms with Crippen LogP contribution in [0.5, 0.6) is 0 Å². The number of nitrogens with zero attached hydrogens (tertiary/aromatic N) is 1. The van der Waals surface area contributed by atoms with E-state index in [2.05, 4.69) is 42.2 Å². The van der Waals surface area contributed by atoms with Gasteiger partial charge in [0.25, 0.3) is 0 Å². The molecule has 0 aromatic heterocycles. The van der Waals surface area contributed by atoms with E-state index in [-0.39, 0.29) is 0 Å². The molecule has 0 bridgehead atoms. The van der Waals surface area contributed by atoms with E-state index in [4.69, 9.17) is 0 Å². The van der Waals surface area contributed by atoms with Gasteiger partial charge < -0.3 is 4.79 Å². The fraction of sp³-hybridized carbons (Fsp3) is 0.500. The Labute approximate surface area is 97.3 Å². The maximum atomic E-state index is 10.5. The van der Waals surface area contributed by atoms with Gasteiger partial charge in [0.2, 0.25) is 0 Å². The van der Waals surface area contributed by atoms with Crippen LogP contribution in [0.3, 0.4) is 0 Å². The number of benzene rings is 1. The highest BCUT2D eigenvalue weighted by atomic mass is 16.1. The monoisotopic (exact) mass is 217 g/mol. The molecule has 1 aliphatic heterocycles. The van der Waals surface area contributed by atoms with Crippen molar-refractivity contribution in [3.63, 3.8) is 0 Å². The van der Waals surface area contributed by atoms with Gasteiger partial charge in [-0.15, -0.1) is 0 Å². The first kappa shape index (κ1) is 11.3. The SMILES string of the molecule is C[C@H](c1ccccc1)N1CCC(CC=O)C1. The second kappa shape index (κ2) is 5.26. The summed E-state index contributed by atoms with van der Waals surface area (Å²) in [5.74, 6) is 0.573. The van der Waals surface area contributed by atoms with Crippen molar-refractivity contribution in [2.75, 3.05) is 13.1 Å². The van der Waals surface area contributed by atoms with Crippen LogP contribution in [-0.2, 0) is 4.79 Å². The summed E-state index contributed by atoms with van der Waals surface area (Å²) in [6.45, 7) is 4.43. The van der Waals surface area contributed by atoms with E-state index in [0.29, 0.717) is 12.0 Å². The van der Waals surface area contributed by atoms with Crippen LogP contribution >= 0.6 is 0 Å². The van der Waals surface area contributed by atoms with Crippen LogP contribution in [-0.4, -0.2) is 24.3 Å². The Kier molecular flexibility index (Phi) is 3.73. The highest BCUT2D eigenvalue weighted by Crippen LogP contribution is 2.28. The van der Waals surface area contributed by atoms with Crippen LogP contribution in [0, 0.1) is 5.92 Å². The van der Waals surface area contributed by atoms with E-state index >= 15 is 0 Å². The highest BCUT2D eigenvalue weighted by molar-refractivity contribution is 5.49. The molecule has 1 aromatic carbocycles. The number of hydrogen-bond donors (Lipinski definition) is 0. The maximum absolute atomic E-state index is 10.5. The molecule has 1 fully saturated rings. The predicted octanol–water partition coefficient (Wildman–Crippen LogP) is 2.66. The topological polar surface area (TPSA) is 20.3 Å². The molecule has 0 spiro atoms. The molecule has 2 rings (SSSR count). The van der Waals surface area contributed by atoms with Crippen LogP contribution in [0.4, 0.5) is 0 Å². The quantitative estimate of drug-likeness (QED) is 0.723. The number of carbonyl (C=O) groups excluding carboxylic acids is 1. The van der Waals surface area contributed by atoms with Crippen LogP contribution in [0.1, 0.15) is 31.4 Å². The third kappa shape index (κ3) is 2.50. The Morgan fingerprint density at radius 2 is 2.19 bits per heavy atom. The van der Waals surface area contributed by atoms with Crippen molar-refractivity contribution in [3.05, 3.63) is 35.9 Å². The summed E-state index contributed by atoms with van der Waals surface area (Å²) in [4.78, 5) is 13.0. The summed E-state index contributed by atoms with van der Waals surface area (Å²) in [5, 5.41) is 0. The van der Waals surface area contributed by atoms with Crippen molar-refractivity contribution < 1.29 is 4.79 Å². The second-order valence-electron chi connectivity index (χ2n) is 4.64. The van der Waals surface area contributed by atoms with E-state index < -0.39 is 0 Å². The lowest BCUT2D eigenvalue weighted by Gasteiger charge is -2.24. The van der Waals surface area contributed by atoms with Gasteiger partial charge in [-0.1, -0.05) is 30.3 Å². The van der Waals surface area contributed by atoms with E-state index in [1.165, 1.54) is 5.56 Å². The summed E-state index contributed by atoms with van der Waals surface area (Å²) in [7, 11) is 0. The fourth-order valence-electron chi connectivity index (χ4n) is 2.49. The van der Waals surface area contributed by atoms with Crippen molar-refractivity contribution in [2.24, 2.45) is 5.92 Å².